The zero-order valence-corrected chi connectivity index (χ0v) is 74.4. The maximum absolute atomic E-state index is 11.9. The number of aliphatic hydroxyl groups excluding tert-OH is 1. The monoisotopic (exact) mass is 1860 g/mol. The number of methoxy groups -OCH3 is 1. The first-order valence-corrected chi connectivity index (χ1v) is 38.6. The summed E-state index contributed by atoms with van der Waals surface area (Å²) in [6, 6.07) is 38.0. The zero-order valence-electron chi connectivity index (χ0n) is 62.4. The number of aromatic nitrogens is 4. The molecule has 6 aliphatic carbocycles. The van der Waals surface area contributed by atoms with Crippen molar-refractivity contribution in [3.8, 4) is 16.9 Å². The molecular weight excluding hydrogens is 1770 g/mol. The molecule has 8 aromatic rings. The number of amides is 3. The third kappa shape index (κ3) is 25.4. The second kappa shape index (κ2) is 43.4. The number of nitrogens with zero attached hydrogens (tertiary/aromatic N) is 7. The Kier molecular flexibility index (Phi) is 36.8. The van der Waals surface area contributed by atoms with Gasteiger partial charge in [0.15, 0.2) is 0 Å². The Morgan fingerprint density at radius 2 is 0.982 bits per heavy atom. The number of nitrogens with one attached hydrogen (secondary N) is 2. The number of imide groups is 1. The van der Waals surface area contributed by atoms with Crippen molar-refractivity contribution in [2.45, 2.75) is 151 Å². The molecule has 570 valence electrons. The van der Waals surface area contributed by atoms with E-state index >= 15 is 0 Å². The van der Waals surface area contributed by atoms with Crippen LogP contribution < -0.4 is 119 Å². The summed E-state index contributed by atoms with van der Waals surface area (Å²) in [7, 11) is 1.96. The predicted molar refractivity (Wildman–Crippen MR) is 437 cm³/mol. The van der Waals surface area contributed by atoms with Gasteiger partial charge in [-0.15, -0.1) is 0 Å². The first-order chi connectivity index (χ1) is 51.4. The molecular formula is C79H86B2Br5KN13NaO10. The van der Waals surface area contributed by atoms with E-state index in [1.54, 1.807) is 6.33 Å². The van der Waals surface area contributed by atoms with Crippen molar-refractivity contribution in [3.05, 3.63) is 242 Å². The second-order valence-electron chi connectivity index (χ2n) is 27.7. The van der Waals surface area contributed by atoms with Crippen molar-refractivity contribution < 1.29 is 131 Å². The van der Waals surface area contributed by atoms with Crippen LogP contribution in [0.25, 0.3) is 11.1 Å². The van der Waals surface area contributed by atoms with Crippen LogP contribution in [0.15, 0.2) is 179 Å². The van der Waals surface area contributed by atoms with Gasteiger partial charge in [0, 0.05) is 92.8 Å². The zero-order chi connectivity index (χ0) is 76.5. The van der Waals surface area contributed by atoms with Gasteiger partial charge in [0.1, 0.15) is 59.6 Å². The van der Waals surface area contributed by atoms with E-state index in [0.29, 0.717) is 83.0 Å². The predicted octanol–water partition coefficient (Wildman–Crippen LogP) is 5.05. The summed E-state index contributed by atoms with van der Waals surface area (Å²) >= 11 is 17.2. The Hall–Kier alpha value is -5.60. The van der Waals surface area contributed by atoms with E-state index in [9.17, 15) is 24.3 Å². The number of amidine groups is 2. The van der Waals surface area contributed by atoms with Crippen LogP contribution in [0.4, 0.5) is 4.79 Å². The number of hydrogen-bond acceptors (Lipinski definition) is 21. The molecule has 2 aromatic heterocycles. The molecule has 32 heteroatoms. The van der Waals surface area contributed by atoms with Gasteiger partial charge in [0.05, 0.1) is 26.1 Å². The van der Waals surface area contributed by atoms with Crippen molar-refractivity contribution >= 4 is 131 Å². The largest absolute Gasteiger partial charge is 1.00 e. The molecule has 0 saturated carbocycles. The molecule has 1 fully saturated rings. The summed E-state index contributed by atoms with van der Waals surface area (Å²) in [5, 5.41) is 28.7. The number of ether oxygens (including phenoxy) is 3. The number of aliphatic hydroxyl groups is 1. The van der Waals surface area contributed by atoms with Crippen LogP contribution in [0.5, 0.6) is 5.75 Å². The van der Waals surface area contributed by atoms with E-state index in [-0.39, 0.29) is 134 Å². The van der Waals surface area contributed by atoms with Crippen molar-refractivity contribution in [1.29, 1.82) is 5.26 Å². The van der Waals surface area contributed by atoms with Gasteiger partial charge >= 0.3 is 101 Å². The number of nitrogens with two attached hydrogens (primary N) is 4. The van der Waals surface area contributed by atoms with Crippen LogP contribution in [0.3, 0.4) is 0 Å². The van der Waals surface area contributed by atoms with Gasteiger partial charge in [0.25, 0.3) is 18.0 Å². The molecule has 5 atom stereocenters. The molecule has 4 radical (unpaired) electrons. The molecule has 3 amide bonds. The molecule has 9 aliphatic rings. The van der Waals surface area contributed by atoms with Crippen LogP contribution in [0, 0.1) is 11.8 Å². The first kappa shape index (κ1) is 94.3. The minimum Gasteiger partial charge on any atom is -1.00 e. The molecule has 17 rings (SSSR count). The number of urea groups is 1. The van der Waals surface area contributed by atoms with E-state index in [2.05, 4.69) is 198 Å². The Balaban J connectivity index is 0.000000234. The molecule has 6 aromatic carbocycles. The maximum Gasteiger partial charge on any atom is 1.00 e. The minimum absolute atomic E-state index is 0. The average Bonchev–Trinajstić information content (AvgIpc) is 1.55. The van der Waals surface area contributed by atoms with Crippen LogP contribution in [0.1, 0.15) is 114 Å². The van der Waals surface area contributed by atoms with Gasteiger partial charge < -0.3 is 70.5 Å². The molecule has 5 heterocycles. The third-order valence-corrected chi connectivity index (χ3v) is 22.6. The fourth-order valence-electron chi connectivity index (χ4n) is 14.5. The van der Waals surface area contributed by atoms with Crippen LogP contribution in [0.2, 0.25) is 0 Å². The number of benzene rings is 6. The normalized spacial score (nSPS) is 21.6. The SMILES string of the molecule is C.COC(=O)C1(N)CCc2ccc(Br)cc2C1.NC1(CO)CCc2ccc(Br)cc2C1.NC1=NC2(CCc3ccc(-c4cncnc4)cc3C2)CO1.NC1=NC2(CCc3ccc(Br)cc3C2)CO1.O=C1CCc2ccc(Br)cc2C1.O=C1NC(=O)C2(CCc3ccc(Br)cc3C2)N1.O[B]Oc1cncnc1.[B].[C-]#N.[H-].[K+].[Na+]. The number of fused-ring (bicyclic) bond motifs is 6. The van der Waals surface area contributed by atoms with Crippen molar-refractivity contribution in [2.75, 3.05) is 26.9 Å². The summed E-state index contributed by atoms with van der Waals surface area (Å²) in [6.45, 7) is 6.04. The Labute approximate surface area is 758 Å². The number of rotatable bonds is 5. The van der Waals surface area contributed by atoms with Gasteiger partial charge in [0.2, 0.25) is 0 Å². The third-order valence-electron chi connectivity index (χ3n) is 20.2. The van der Waals surface area contributed by atoms with Gasteiger partial charge in [-0.3, -0.25) is 19.7 Å². The molecule has 12 N–H and O–H groups in total. The first-order valence-electron chi connectivity index (χ1n) is 34.6. The standard InChI is InChI=1S/C16H16N4O.C12H11BrN2O2.C12H13BrN2O.C12H14BrNO2.C11H14BrNO.C10H9BrO.C4H4BN2O2.CN.CH4.B.K.Na.H/c17-15-20-16(9-21-15)4-3-11-1-2-12(5-13(11)6-16)14-7-18-10-19-8-14;13-9-2-1-7-3-4-12(6-8(7)5-9)10(16)14-11(17)15-12;13-10-2-1-8-3-4-12(6-9(8)5-10)7-16-11(14)15-12;1-16-11(15)12(14)5-4-8-2-3-10(13)6-9(8)7-12;12-10-2-1-8-3-4-11(13,7-14)6-9(8)5-10;11-9-3-1-7-2-4-10(12)6-8(7)5-9;8-5-9-4-1-6-3-7-2-4;1-2;;;;;/h1-2,5,7-8,10H,3-4,6,9H2,(H2,17,20);1-2,5H,3-4,6H2,(H2,14,15,16,17);1-2,5H,3-4,6-7H2,(H2,14,15);2-3,6H,4-5,7,14H2,1H3;1-2,5,14H,3-4,6-7,13H2;1,3,5H,2,4,6H2;1-3,8H;;1H4;;;;/q;;;;;;;-1;;;2*+1;-1. The Bertz CT molecular complexity index is 4660. The smallest absolute Gasteiger partial charge is 1.00 e. The molecule has 23 nitrogen and oxygen atoms in total. The van der Waals surface area contributed by atoms with E-state index in [4.69, 9.17) is 54.0 Å². The minimum atomic E-state index is -0.859. The van der Waals surface area contributed by atoms with Gasteiger partial charge in [-0.05, 0) is 210 Å². The van der Waals surface area contributed by atoms with Crippen molar-refractivity contribution in [3.63, 3.8) is 0 Å². The fraction of sp³-hybridized carbons (Fsp3) is 0.354. The number of aliphatic imine (C=N–C) groups is 2. The van der Waals surface area contributed by atoms with Gasteiger partial charge in [-0.1, -0.05) is 136 Å². The fourth-order valence-corrected chi connectivity index (χ4v) is 16.5. The number of hydrogen-bond donors (Lipinski definition) is 8. The van der Waals surface area contributed by atoms with Crippen molar-refractivity contribution in [1.82, 2.24) is 30.6 Å². The topological polar surface area (TPSA) is 374 Å². The molecule has 1 saturated heterocycles. The van der Waals surface area contributed by atoms with Crippen molar-refractivity contribution in [2.24, 2.45) is 32.9 Å². The summed E-state index contributed by atoms with van der Waals surface area (Å²) in [6.07, 6.45) is 24.3. The number of esters is 1. The van der Waals surface area contributed by atoms with Crippen LogP contribution in [-0.4, -0.2) is 137 Å². The molecule has 0 bridgehead atoms. The quantitative estimate of drug-likeness (QED) is 0.0483. The Morgan fingerprint density at radius 1 is 0.568 bits per heavy atom. The number of Topliss-reactive ketones (excluding diaryl/α,β-unsaturated/α-hetero) is 1. The van der Waals surface area contributed by atoms with Gasteiger partial charge in [-0.2, -0.15) is 0 Å². The summed E-state index contributed by atoms with van der Waals surface area (Å²) in [4.78, 5) is 70.3. The summed E-state index contributed by atoms with van der Waals surface area (Å²) in [5.74, 6) is 0.256. The van der Waals surface area contributed by atoms with E-state index < -0.39 is 16.6 Å². The van der Waals surface area contributed by atoms with Crippen LogP contribution in [-0.2, 0) is 106 Å². The number of aryl methyl sites for hydroxylation is 6. The van der Waals surface area contributed by atoms with E-state index in [1.165, 1.54) is 81.5 Å². The molecule has 3 aliphatic heterocycles. The number of ketones is 1. The summed E-state index contributed by atoms with van der Waals surface area (Å²) < 4.78 is 25.2. The molecule has 3 spiro atoms. The van der Waals surface area contributed by atoms with E-state index in [0.717, 1.165) is 122 Å². The molecule has 111 heavy (non-hydrogen) atoms. The molecule has 5 unspecified atom stereocenters. The van der Waals surface area contributed by atoms with Gasteiger partial charge in [-0.25, -0.2) is 34.7 Å². The number of carbonyl (C=O) groups is 4. The maximum atomic E-state index is 11.9. The number of halogens is 5. The second-order valence-corrected chi connectivity index (χ2v) is 32.2. The van der Waals surface area contributed by atoms with E-state index in [1.807, 2.05) is 48.8 Å². The Morgan fingerprint density at radius 3 is 1.43 bits per heavy atom. The summed E-state index contributed by atoms with van der Waals surface area (Å²) in [5.41, 5.74) is 38.8. The number of carbonyl (C=O) groups excluding carboxylic acids is 4. The average molecular weight is 1860 g/mol. The van der Waals surface area contributed by atoms with Crippen LogP contribution >= 0.6 is 79.6 Å².